The van der Waals surface area contributed by atoms with Crippen molar-refractivity contribution in [1.82, 2.24) is 15.5 Å². The van der Waals surface area contributed by atoms with E-state index < -0.39 is 0 Å². The SMILES string of the molecule is O=C(NCc1cncc(-c2ccco2)c1)c1cc(C2CC2)on1. The maximum Gasteiger partial charge on any atom is 0.273 e. The molecule has 0 atom stereocenters. The molecular weight excluding hydrogens is 294 g/mol. The molecule has 1 amide bonds. The molecule has 3 heterocycles. The van der Waals surface area contributed by atoms with E-state index in [9.17, 15) is 4.79 Å². The zero-order valence-corrected chi connectivity index (χ0v) is 12.4. The molecule has 6 nitrogen and oxygen atoms in total. The quantitative estimate of drug-likeness (QED) is 0.783. The molecule has 4 rings (SSSR count). The Labute approximate surface area is 132 Å². The van der Waals surface area contributed by atoms with Crippen molar-refractivity contribution in [3.05, 3.63) is 59.9 Å². The predicted octanol–water partition coefficient (Wildman–Crippen LogP) is 3.14. The summed E-state index contributed by atoms with van der Waals surface area (Å²) in [5.74, 6) is 1.75. The minimum absolute atomic E-state index is 0.246. The second-order valence-corrected chi connectivity index (χ2v) is 5.63. The van der Waals surface area contributed by atoms with Crippen molar-refractivity contribution in [3.63, 3.8) is 0 Å². The average molecular weight is 309 g/mol. The van der Waals surface area contributed by atoms with E-state index >= 15 is 0 Å². The van der Waals surface area contributed by atoms with Crippen molar-refractivity contribution in [2.45, 2.75) is 25.3 Å². The molecule has 0 unspecified atom stereocenters. The lowest BCUT2D eigenvalue weighted by Crippen LogP contribution is -2.23. The highest BCUT2D eigenvalue weighted by atomic mass is 16.5. The number of carbonyl (C=O) groups is 1. The normalized spacial score (nSPS) is 13.9. The van der Waals surface area contributed by atoms with Gasteiger partial charge in [-0.1, -0.05) is 5.16 Å². The Hall–Kier alpha value is -2.89. The second kappa shape index (κ2) is 5.72. The topological polar surface area (TPSA) is 81.2 Å². The molecule has 6 heteroatoms. The number of nitrogens with zero attached hydrogens (tertiary/aromatic N) is 2. The maximum absolute atomic E-state index is 12.1. The third-order valence-corrected chi connectivity index (χ3v) is 3.79. The summed E-state index contributed by atoms with van der Waals surface area (Å²) in [6, 6.07) is 7.36. The van der Waals surface area contributed by atoms with Gasteiger partial charge in [-0.15, -0.1) is 0 Å². The zero-order valence-electron chi connectivity index (χ0n) is 12.4. The van der Waals surface area contributed by atoms with Crippen LogP contribution in [-0.4, -0.2) is 16.0 Å². The molecule has 23 heavy (non-hydrogen) atoms. The summed E-state index contributed by atoms with van der Waals surface area (Å²) in [5, 5.41) is 6.66. The van der Waals surface area contributed by atoms with Crippen molar-refractivity contribution in [2.75, 3.05) is 0 Å². The Kier molecular flexibility index (Phi) is 3.42. The fourth-order valence-corrected chi connectivity index (χ4v) is 2.39. The van der Waals surface area contributed by atoms with Crippen molar-refractivity contribution >= 4 is 5.91 Å². The van der Waals surface area contributed by atoms with E-state index in [2.05, 4.69) is 15.5 Å². The molecule has 0 spiro atoms. The largest absolute Gasteiger partial charge is 0.464 e. The lowest BCUT2D eigenvalue weighted by atomic mass is 10.1. The number of nitrogens with one attached hydrogen (secondary N) is 1. The number of hydrogen-bond donors (Lipinski definition) is 1. The van der Waals surface area contributed by atoms with Crippen LogP contribution in [0.1, 0.15) is 40.6 Å². The average Bonchev–Trinajstić information content (AvgIpc) is 3.09. The minimum atomic E-state index is -0.246. The molecule has 1 fully saturated rings. The van der Waals surface area contributed by atoms with Crippen LogP contribution in [0.5, 0.6) is 0 Å². The molecule has 3 aromatic heterocycles. The van der Waals surface area contributed by atoms with E-state index in [0.29, 0.717) is 18.2 Å². The van der Waals surface area contributed by atoms with Crippen molar-refractivity contribution in [2.24, 2.45) is 0 Å². The number of rotatable bonds is 5. The Morgan fingerprint density at radius 3 is 3.00 bits per heavy atom. The third-order valence-electron chi connectivity index (χ3n) is 3.79. The Morgan fingerprint density at radius 2 is 2.22 bits per heavy atom. The lowest BCUT2D eigenvalue weighted by molar-refractivity contribution is 0.0941. The van der Waals surface area contributed by atoms with E-state index in [0.717, 1.165) is 35.5 Å². The second-order valence-electron chi connectivity index (χ2n) is 5.63. The summed E-state index contributed by atoms with van der Waals surface area (Å²) >= 11 is 0. The van der Waals surface area contributed by atoms with Crippen LogP contribution in [0.15, 0.2) is 51.9 Å². The zero-order chi connectivity index (χ0) is 15.6. The van der Waals surface area contributed by atoms with E-state index in [1.54, 1.807) is 24.7 Å². The molecule has 0 radical (unpaired) electrons. The number of hydrogen-bond acceptors (Lipinski definition) is 5. The summed E-state index contributed by atoms with van der Waals surface area (Å²) < 4.78 is 10.5. The van der Waals surface area contributed by atoms with E-state index in [1.165, 1.54) is 0 Å². The molecule has 0 aromatic carbocycles. The highest BCUT2D eigenvalue weighted by Gasteiger charge is 2.28. The predicted molar refractivity (Wildman–Crippen MR) is 81.6 cm³/mol. The van der Waals surface area contributed by atoms with Gasteiger partial charge in [0.15, 0.2) is 5.69 Å². The molecular formula is C17H15N3O3. The Morgan fingerprint density at radius 1 is 1.30 bits per heavy atom. The first-order chi connectivity index (χ1) is 11.3. The highest BCUT2D eigenvalue weighted by Crippen LogP contribution is 2.40. The van der Waals surface area contributed by atoms with E-state index in [-0.39, 0.29) is 5.91 Å². The molecule has 1 aliphatic rings. The minimum Gasteiger partial charge on any atom is -0.464 e. The number of furan rings is 1. The van der Waals surface area contributed by atoms with Crippen molar-refractivity contribution < 1.29 is 13.7 Å². The highest BCUT2D eigenvalue weighted by molar-refractivity contribution is 5.92. The molecule has 1 saturated carbocycles. The van der Waals surface area contributed by atoms with Gasteiger partial charge in [-0.3, -0.25) is 9.78 Å². The van der Waals surface area contributed by atoms with Crippen LogP contribution in [0.25, 0.3) is 11.3 Å². The van der Waals surface area contributed by atoms with Gasteiger partial charge in [0.25, 0.3) is 5.91 Å². The monoisotopic (exact) mass is 309 g/mol. The van der Waals surface area contributed by atoms with Crippen LogP contribution in [0.4, 0.5) is 0 Å². The van der Waals surface area contributed by atoms with Gasteiger partial charge in [-0.05, 0) is 36.6 Å². The van der Waals surface area contributed by atoms with Crippen LogP contribution in [0, 0.1) is 0 Å². The van der Waals surface area contributed by atoms with Gasteiger partial charge in [0, 0.05) is 36.5 Å². The number of carbonyl (C=O) groups excluding carboxylic acids is 1. The fraction of sp³-hybridized carbons (Fsp3) is 0.235. The van der Waals surface area contributed by atoms with Crippen LogP contribution in [0.2, 0.25) is 0 Å². The summed E-state index contributed by atoms with van der Waals surface area (Å²) in [6.07, 6.45) is 7.28. The van der Waals surface area contributed by atoms with E-state index in [1.807, 2.05) is 18.2 Å². The summed E-state index contributed by atoms with van der Waals surface area (Å²) in [6.45, 7) is 0.367. The van der Waals surface area contributed by atoms with Gasteiger partial charge >= 0.3 is 0 Å². The number of pyridine rings is 1. The lowest BCUT2D eigenvalue weighted by Gasteiger charge is -2.04. The van der Waals surface area contributed by atoms with Gasteiger partial charge in [-0.25, -0.2) is 0 Å². The van der Waals surface area contributed by atoms with Crippen LogP contribution in [0.3, 0.4) is 0 Å². The molecule has 1 aliphatic carbocycles. The van der Waals surface area contributed by atoms with Gasteiger partial charge in [-0.2, -0.15) is 0 Å². The summed E-state index contributed by atoms with van der Waals surface area (Å²) in [5.41, 5.74) is 2.08. The van der Waals surface area contributed by atoms with Gasteiger partial charge in [0.1, 0.15) is 11.5 Å². The Balaban J connectivity index is 1.42. The smallest absolute Gasteiger partial charge is 0.273 e. The van der Waals surface area contributed by atoms with Crippen LogP contribution in [-0.2, 0) is 6.54 Å². The van der Waals surface area contributed by atoms with Gasteiger partial charge < -0.3 is 14.3 Å². The number of amides is 1. The molecule has 3 aromatic rings. The molecule has 0 saturated heterocycles. The molecule has 0 bridgehead atoms. The summed E-state index contributed by atoms with van der Waals surface area (Å²) in [7, 11) is 0. The van der Waals surface area contributed by atoms with Crippen LogP contribution >= 0.6 is 0 Å². The molecule has 116 valence electrons. The van der Waals surface area contributed by atoms with Crippen molar-refractivity contribution in [1.29, 1.82) is 0 Å². The maximum atomic E-state index is 12.1. The van der Waals surface area contributed by atoms with E-state index in [4.69, 9.17) is 8.94 Å². The third kappa shape index (κ3) is 3.01. The molecule has 0 aliphatic heterocycles. The van der Waals surface area contributed by atoms with Gasteiger partial charge in [0.05, 0.1) is 6.26 Å². The first-order valence-electron chi connectivity index (χ1n) is 7.52. The van der Waals surface area contributed by atoms with Crippen molar-refractivity contribution in [3.8, 4) is 11.3 Å². The Bertz CT molecular complexity index is 819. The first kappa shape index (κ1) is 13.8. The van der Waals surface area contributed by atoms with Gasteiger partial charge in [0.2, 0.25) is 0 Å². The summed E-state index contributed by atoms with van der Waals surface area (Å²) in [4.78, 5) is 16.3. The number of aromatic nitrogens is 2. The first-order valence-corrected chi connectivity index (χ1v) is 7.52. The fourth-order valence-electron chi connectivity index (χ4n) is 2.39. The van der Waals surface area contributed by atoms with Crippen LogP contribution < -0.4 is 5.32 Å². The molecule has 1 N–H and O–H groups in total. The standard InChI is InChI=1S/C17H15N3O3/c21-17(14-7-16(23-20-14)12-3-4-12)19-9-11-6-13(10-18-8-11)15-2-1-5-22-15/h1-2,5-8,10,12H,3-4,9H2,(H,19,21).